The van der Waals surface area contributed by atoms with Crippen molar-refractivity contribution in [2.75, 3.05) is 18.5 Å². The number of nitrogens with one attached hydrogen (secondary N) is 1. The van der Waals surface area contributed by atoms with E-state index in [1.54, 1.807) is 12.1 Å². The summed E-state index contributed by atoms with van der Waals surface area (Å²) in [6, 6.07) is 14.7. The van der Waals surface area contributed by atoms with Crippen molar-refractivity contribution in [2.24, 2.45) is 0 Å². The van der Waals surface area contributed by atoms with Gasteiger partial charge in [-0.1, -0.05) is 51.1 Å². The van der Waals surface area contributed by atoms with E-state index in [0.29, 0.717) is 11.4 Å². The minimum Gasteiger partial charge on any atom is -0.482 e. The summed E-state index contributed by atoms with van der Waals surface area (Å²) in [6.45, 7) is 5.58. The van der Waals surface area contributed by atoms with E-state index < -0.39 is 11.9 Å². The van der Waals surface area contributed by atoms with Gasteiger partial charge in [-0.25, -0.2) is 4.79 Å². The van der Waals surface area contributed by atoms with Crippen molar-refractivity contribution >= 4 is 33.5 Å². The SMILES string of the molecule is CC(C)(C)c1ccccc1OCC(=O)OCC(=O)Nc1ccccc1Br. The lowest BCUT2D eigenvalue weighted by Crippen LogP contribution is -2.24. The topological polar surface area (TPSA) is 64.6 Å². The summed E-state index contributed by atoms with van der Waals surface area (Å²) < 4.78 is 11.3. The third kappa shape index (κ3) is 5.88. The van der Waals surface area contributed by atoms with Crippen LogP contribution in [0.1, 0.15) is 26.3 Å². The van der Waals surface area contributed by atoms with Gasteiger partial charge in [-0.05, 0) is 45.1 Å². The Labute approximate surface area is 161 Å². The Morgan fingerprint density at radius 2 is 1.65 bits per heavy atom. The Morgan fingerprint density at radius 3 is 2.35 bits per heavy atom. The van der Waals surface area contributed by atoms with E-state index in [2.05, 4.69) is 42.0 Å². The Kier molecular flexibility index (Phi) is 6.80. The second-order valence-electron chi connectivity index (χ2n) is 6.72. The number of carbonyl (C=O) groups is 2. The van der Waals surface area contributed by atoms with Crippen LogP contribution in [0, 0.1) is 0 Å². The quantitative estimate of drug-likeness (QED) is 0.708. The zero-order chi connectivity index (χ0) is 19.2. The van der Waals surface area contributed by atoms with Crippen molar-refractivity contribution in [3.05, 3.63) is 58.6 Å². The molecule has 0 saturated carbocycles. The van der Waals surface area contributed by atoms with Gasteiger partial charge in [0, 0.05) is 4.47 Å². The van der Waals surface area contributed by atoms with Gasteiger partial charge in [0.05, 0.1) is 5.69 Å². The molecule has 0 spiro atoms. The first-order chi connectivity index (χ1) is 12.3. The molecule has 5 nitrogen and oxygen atoms in total. The van der Waals surface area contributed by atoms with Crippen LogP contribution in [0.4, 0.5) is 5.69 Å². The molecule has 0 aliphatic rings. The lowest BCUT2D eigenvalue weighted by Gasteiger charge is -2.22. The minimum atomic E-state index is -0.601. The summed E-state index contributed by atoms with van der Waals surface area (Å²) in [6.07, 6.45) is 0. The lowest BCUT2D eigenvalue weighted by atomic mass is 9.86. The molecule has 0 radical (unpaired) electrons. The maximum Gasteiger partial charge on any atom is 0.344 e. The predicted octanol–water partition coefficient (Wildman–Crippen LogP) is 4.31. The Balaban J connectivity index is 1.83. The van der Waals surface area contributed by atoms with Crippen LogP contribution in [0.3, 0.4) is 0 Å². The third-order valence-corrected chi connectivity index (χ3v) is 4.24. The maximum absolute atomic E-state index is 11.9. The molecule has 0 saturated heterocycles. The van der Waals surface area contributed by atoms with E-state index in [1.807, 2.05) is 36.4 Å². The molecule has 0 aliphatic heterocycles. The normalized spacial score (nSPS) is 10.9. The van der Waals surface area contributed by atoms with Gasteiger partial charge >= 0.3 is 5.97 Å². The van der Waals surface area contributed by atoms with E-state index in [9.17, 15) is 9.59 Å². The first-order valence-corrected chi connectivity index (χ1v) is 8.99. The van der Waals surface area contributed by atoms with Gasteiger partial charge in [-0.15, -0.1) is 0 Å². The molecular formula is C20H22BrNO4. The molecule has 0 aliphatic carbocycles. The van der Waals surface area contributed by atoms with Gasteiger partial charge in [0.1, 0.15) is 5.75 Å². The highest BCUT2D eigenvalue weighted by molar-refractivity contribution is 9.10. The monoisotopic (exact) mass is 419 g/mol. The number of amides is 1. The van der Waals surface area contributed by atoms with Crippen molar-refractivity contribution in [1.82, 2.24) is 0 Å². The molecule has 0 aromatic heterocycles. The standard InChI is InChI=1S/C20H22BrNO4/c1-20(2,3)14-8-4-7-11-17(14)25-13-19(24)26-12-18(23)22-16-10-6-5-9-15(16)21/h4-11H,12-13H2,1-3H3,(H,22,23). The van der Waals surface area contributed by atoms with Crippen molar-refractivity contribution in [3.8, 4) is 5.75 Å². The summed E-state index contributed by atoms with van der Waals surface area (Å²) in [5.41, 5.74) is 1.51. The summed E-state index contributed by atoms with van der Waals surface area (Å²) >= 11 is 3.34. The molecule has 6 heteroatoms. The number of anilines is 1. The highest BCUT2D eigenvalue weighted by Gasteiger charge is 2.19. The van der Waals surface area contributed by atoms with Crippen LogP contribution in [-0.2, 0) is 19.7 Å². The summed E-state index contributed by atoms with van der Waals surface area (Å²) in [5, 5.41) is 2.66. The van der Waals surface area contributed by atoms with Crippen LogP contribution >= 0.6 is 15.9 Å². The zero-order valence-corrected chi connectivity index (χ0v) is 16.6. The molecule has 1 amide bonds. The number of benzene rings is 2. The van der Waals surface area contributed by atoms with Crippen molar-refractivity contribution in [1.29, 1.82) is 0 Å². The number of rotatable bonds is 6. The van der Waals surface area contributed by atoms with Crippen molar-refractivity contribution in [2.45, 2.75) is 26.2 Å². The smallest absolute Gasteiger partial charge is 0.344 e. The first-order valence-electron chi connectivity index (χ1n) is 8.19. The highest BCUT2D eigenvalue weighted by atomic mass is 79.9. The third-order valence-electron chi connectivity index (χ3n) is 3.55. The van der Waals surface area contributed by atoms with Gasteiger partial charge in [-0.2, -0.15) is 0 Å². The number of hydrogen-bond acceptors (Lipinski definition) is 4. The fraction of sp³-hybridized carbons (Fsp3) is 0.300. The van der Waals surface area contributed by atoms with Crippen LogP contribution in [0.2, 0.25) is 0 Å². The summed E-state index contributed by atoms with van der Waals surface area (Å²) in [5.74, 6) is -0.383. The van der Waals surface area contributed by atoms with E-state index in [1.165, 1.54) is 0 Å². The first kappa shape index (κ1) is 20.0. The number of esters is 1. The predicted molar refractivity (Wildman–Crippen MR) is 104 cm³/mol. The molecule has 0 unspecified atom stereocenters. The van der Waals surface area contributed by atoms with Crippen LogP contribution in [0.5, 0.6) is 5.75 Å². The van der Waals surface area contributed by atoms with Crippen LogP contribution in [0.15, 0.2) is 53.0 Å². The van der Waals surface area contributed by atoms with Crippen LogP contribution in [0.25, 0.3) is 0 Å². The maximum atomic E-state index is 11.9. The van der Waals surface area contributed by atoms with Gasteiger partial charge in [0.2, 0.25) is 0 Å². The van der Waals surface area contributed by atoms with E-state index in [0.717, 1.165) is 10.0 Å². The zero-order valence-electron chi connectivity index (χ0n) is 15.0. The molecule has 138 valence electrons. The second kappa shape index (κ2) is 8.85. The number of hydrogen-bond donors (Lipinski definition) is 1. The Bertz CT molecular complexity index is 783. The van der Waals surface area contributed by atoms with Gasteiger partial charge in [-0.3, -0.25) is 4.79 Å². The van der Waals surface area contributed by atoms with Crippen molar-refractivity contribution in [3.63, 3.8) is 0 Å². The largest absolute Gasteiger partial charge is 0.482 e. The Morgan fingerprint density at radius 1 is 1.00 bits per heavy atom. The molecule has 0 atom stereocenters. The number of carbonyl (C=O) groups excluding carboxylic acids is 2. The molecule has 0 fully saturated rings. The molecule has 0 bridgehead atoms. The second-order valence-corrected chi connectivity index (χ2v) is 7.58. The molecule has 1 N–H and O–H groups in total. The van der Waals surface area contributed by atoms with E-state index in [4.69, 9.17) is 9.47 Å². The molecule has 2 aromatic carbocycles. The molecule has 26 heavy (non-hydrogen) atoms. The van der Waals surface area contributed by atoms with E-state index >= 15 is 0 Å². The fourth-order valence-electron chi connectivity index (χ4n) is 2.29. The van der Waals surface area contributed by atoms with Gasteiger partial charge in [0.15, 0.2) is 13.2 Å². The summed E-state index contributed by atoms with van der Waals surface area (Å²) in [7, 11) is 0. The molecule has 2 aromatic rings. The van der Waals surface area contributed by atoms with E-state index in [-0.39, 0.29) is 18.6 Å². The van der Waals surface area contributed by atoms with Gasteiger partial charge < -0.3 is 14.8 Å². The van der Waals surface area contributed by atoms with Crippen LogP contribution in [-0.4, -0.2) is 25.1 Å². The molecular weight excluding hydrogens is 398 g/mol. The number of halogens is 1. The van der Waals surface area contributed by atoms with Crippen LogP contribution < -0.4 is 10.1 Å². The molecule has 2 rings (SSSR count). The lowest BCUT2D eigenvalue weighted by molar-refractivity contribution is -0.149. The minimum absolute atomic E-state index is 0.108. The van der Waals surface area contributed by atoms with Gasteiger partial charge in [0.25, 0.3) is 5.91 Å². The average molecular weight is 420 g/mol. The highest BCUT2D eigenvalue weighted by Crippen LogP contribution is 2.30. The fourth-order valence-corrected chi connectivity index (χ4v) is 2.67. The van der Waals surface area contributed by atoms with Crippen molar-refractivity contribution < 1.29 is 19.1 Å². The number of para-hydroxylation sites is 2. The Hall–Kier alpha value is -2.34. The summed E-state index contributed by atoms with van der Waals surface area (Å²) in [4.78, 5) is 23.7. The molecule has 0 heterocycles. The number of ether oxygens (including phenoxy) is 2. The average Bonchev–Trinajstić information content (AvgIpc) is 2.59.